The van der Waals surface area contributed by atoms with E-state index in [-0.39, 0.29) is 48.8 Å². The summed E-state index contributed by atoms with van der Waals surface area (Å²) in [6.45, 7) is -0.00224. The quantitative estimate of drug-likeness (QED) is 0.471. The molecule has 0 N–H and O–H groups in total. The maximum absolute atomic E-state index is 12.5. The van der Waals surface area contributed by atoms with E-state index in [1.165, 1.54) is 48.3 Å². The van der Waals surface area contributed by atoms with E-state index in [9.17, 15) is 19.2 Å². The van der Waals surface area contributed by atoms with E-state index in [1.807, 2.05) is 0 Å². The maximum atomic E-state index is 12.5. The van der Waals surface area contributed by atoms with Crippen molar-refractivity contribution in [1.29, 1.82) is 0 Å². The minimum absolute atomic E-state index is 0.109. The molecule has 1 fully saturated rings. The Hall–Kier alpha value is -3.50. The van der Waals surface area contributed by atoms with Crippen molar-refractivity contribution in [3.8, 4) is 11.5 Å². The number of hydrogen-bond acceptors (Lipinski definition) is 8. The van der Waals surface area contributed by atoms with E-state index < -0.39 is 37.0 Å². The van der Waals surface area contributed by atoms with Crippen LogP contribution in [0.25, 0.3) is 0 Å². The van der Waals surface area contributed by atoms with Crippen molar-refractivity contribution in [2.75, 3.05) is 53.6 Å². The topological polar surface area (TPSA) is 112 Å². The van der Waals surface area contributed by atoms with Crippen LogP contribution in [-0.2, 0) is 19.1 Å². The third-order valence-corrected chi connectivity index (χ3v) is 5.87. The van der Waals surface area contributed by atoms with E-state index >= 15 is 0 Å². The Bertz CT molecular complexity index is 1060. The highest BCUT2D eigenvalue weighted by molar-refractivity contribution is 6.31. The molecule has 2 amide bonds. The largest absolute Gasteiger partial charge is 0.496 e. The van der Waals surface area contributed by atoms with Gasteiger partial charge in [-0.05, 0) is 36.4 Å². The van der Waals surface area contributed by atoms with Gasteiger partial charge in [-0.15, -0.1) is 0 Å². The van der Waals surface area contributed by atoms with Gasteiger partial charge in [-0.1, -0.05) is 23.2 Å². The molecule has 0 aliphatic carbocycles. The number of rotatable bonds is 8. The molecule has 0 unspecified atom stereocenters. The van der Waals surface area contributed by atoms with Crippen molar-refractivity contribution in [2.45, 2.75) is 0 Å². The molecule has 3 rings (SSSR count). The van der Waals surface area contributed by atoms with Crippen LogP contribution in [0.15, 0.2) is 36.4 Å². The molecule has 10 nitrogen and oxygen atoms in total. The third kappa shape index (κ3) is 6.79. The maximum Gasteiger partial charge on any atom is 0.342 e. The molecule has 0 aromatic heterocycles. The average Bonchev–Trinajstić information content (AvgIpc) is 2.89. The second kappa shape index (κ2) is 12.5. The summed E-state index contributed by atoms with van der Waals surface area (Å²) in [6, 6.07) is 8.98. The van der Waals surface area contributed by atoms with Crippen LogP contribution in [0.3, 0.4) is 0 Å². The molecule has 0 bridgehead atoms. The van der Waals surface area contributed by atoms with E-state index in [2.05, 4.69) is 0 Å². The van der Waals surface area contributed by atoms with Crippen LogP contribution < -0.4 is 9.47 Å². The number of methoxy groups -OCH3 is 2. The van der Waals surface area contributed by atoms with Gasteiger partial charge in [0.15, 0.2) is 13.2 Å². The number of benzene rings is 2. The molecule has 0 saturated carbocycles. The zero-order chi connectivity index (χ0) is 26.2. The Kier molecular flexibility index (Phi) is 9.38. The predicted octanol–water partition coefficient (Wildman–Crippen LogP) is 2.70. The number of esters is 2. The number of carbonyl (C=O) groups is 4. The number of carbonyl (C=O) groups excluding carboxylic acids is 4. The molecule has 12 heteroatoms. The van der Waals surface area contributed by atoms with Crippen LogP contribution in [0.5, 0.6) is 11.5 Å². The van der Waals surface area contributed by atoms with Gasteiger partial charge >= 0.3 is 11.9 Å². The minimum atomic E-state index is -0.741. The van der Waals surface area contributed by atoms with Crippen LogP contribution in [0.1, 0.15) is 20.7 Å². The highest BCUT2D eigenvalue weighted by atomic mass is 35.5. The first-order chi connectivity index (χ1) is 17.2. The van der Waals surface area contributed by atoms with Crippen molar-refractivity contribution >= 4 is 47.0 Å². The fourth-order valence-electron chi connectivity index (χ4n) is 3.48. The molecule has 2 aromatic carbocycles. The van der Waals surface area contributed by atoms with Crippen LogP contribution in [0.4, 0.5) is 0 Å². The summed E-state index contributed by atoms with van der Waals surface area (Å²) in [7, 11) is 2.81. The fraction of sp³-hybridized carbons (Fsp3) is 0.333. The molecule has 0 radical (unpaired) electrons. The normalized spacial score (nSPS) is 13.1. The summed E-state index contributed by atoms with van der Waals surface area (Å²) in [5, 5.41) is 0.652. The Morgan fingerprint density at radius 2 is 1.06 bits per heavy atom. The highest BCUT2D eigenvalue weighted by Gasteiger charge is 2.26. The van der Waals surface area contributed by atoms with Crippen molar-refractivity contribution in [2.24, 2.45) is 0 Å². The molecule has 2 aromatic rings. The summed E-state index contributed by atoms with van der Waals surface area (Å²) in [4.78, 5) is 52.6. The summed E-state index contributed by atoms with van der Waals surface area (Å²) in [5.41, 5.74) is 0.219. The molecule has 1 aliphatic heterocycles. The van der Waals surface area contributed by atoms with E-state index in [0.717, 1.165) is 0 Å². The van der Waals surface area contributed by atoms with Gasteiger partial charge in [-0.25, -0.2) is 9.59 Å². The first kappa shape index (κ1) is 27.1. The van der Waals surface area contributed by atoms with E-state index in [1.54, 1.807) is 12.1 Å². The molecule has 1 aliphatic rings. The zero-order valence-electron chi connectivity index (χ0n) is 19.6. The van der Waals surface area contributed by atoms with Gasteiger partial charge in [0.05, 0.1) is 14.2 Å². The first-order valence-electron chi connectivity index (χ1n) is 10.8. The third-order valence-electron chi connectivity index (χ3n) is 5.40. The number of halogens is 2. The van der Waals surface area contributed by atoms with Crippen molar-refractivity contribution in [1.82, 2.24) is 9.80 Å². The molecule has 1 saturated heterocycles. The second-order valence-corrected chi connectivity index (χ2v) is 8.48. The lowest BCUT2D eigenvalue weighted by Crippen LogP contribution is -2.52. The fourth-order valence-corrected chi connectivity index (χ4v) is 3.82. The van der Waals surface area contributed by atoms with Gasteiger partial charge < -0.3 is 28.7 Å². The zero-order valence-corrected chi connectivity index (χ0v) is 21.1. The monoisotopic (exact) mass is 538 g/mol. The van der Waals surface area contributed by atoms with Gasteiger partial charge in [0.2, 0.25) is 0 Å². The first-order valence-corrected chi connectivity index (χ1v) is 11.6. The minimum Gasteiger partial charge on any atom is -0.496 e. The lowest BCUT2D eigenvalue weighted by atomic mass is 10.2. The SMILES string of the molecule is COc1ccc(Cl)cc1C(=O)OCC(=O)N1CCN(C(=O)COC(=O)c2cc(Cl)ccc2OC)CC1. The molecule has 1 heterocycles. The number of nitrogens with zero attached hydrogens (tertiary/aromatic N) is 2. The Labute approximate surface area is 217 Å². The van der Waals surface area contributed by atoms with Crippen LogP contribution >= 0.6 is 23.2 Å². The number of hydrogen-bond donors (Lipinski definition) is 0. The van der Waals surface area contributed by atoms with E-state index in [0.29, 0.717) is 10.0 Å². The standard InChI is InChI=1S/C24H24Cl2N2O8/c1-33-19-5-3-15(25)11-17(19)23(31)35-13-21(29)27-7-9-28(10-8-27)22(30)14-36-24(32)18-12-16(26)4-6-20(18)34-2/h3-6,11-12H,7-10,13-14H2,1-2H3. The number of ether oxygens (including phenoxy) is 4. The van der Waals surface area contributed by atoms with Crippen molar-refractivity contribution in [3.05, 3.63) is 57.6 Å². The van der Waals surface area contributed by atoms with Gasteiger partial charge in [0.1, 0.15) is 22.6 Å². The van der Waals surface area contributed by atoms with Gasteiger partial charge in [0, 0.05) is 36.2 Å². The van der Waals surface area contributed by atoms with Gasteiger partial charge in [-0.3, -0.25) is 9.59 Å². The molecule has 0 atom stereocenters. The Morgan fingerprint density at radius 1 is 0.694 bits per heavy atom. The van der Waals surface area contributed by atoms with Crippen molar-refractivity contribution < 1.29 is 38.1 Å². The summed E-state index contributed by atoms with van der Waals surface area (Å²) in [6.07, 6.45) is 0. The molecular formula is C24H24Cl2N2O8. The van der Waals surface area contributed by atoms with Gasteiger partial charge in [-0.2, -0.15) is 0 Å². The van der Waals surface area contributed by atoms with E-state index in [4.69, 9.17) is 42.1 Å². The summed E-state index contributed by atoms with van der Waals surface area (Å²) in [5.74, 6) is -1.74. The highest BCUT2D eigenvalue weighted by Crippen LogP contribution is 2.24. The smallest absolute Gasteiger partial charge is 0.342 e. The lowest BCUT2D eigenvalue weighted by Gasteiger charge is -2.34. The molecular weight excluding hydrogens is 515 g/mol. The van der Waals surface area contributed by atoms with Crippen LogP contribution in [0.2, 0.25) is 10.0 Å². The summed E-state index contributed by atoms with van der Waals surface area (Å²) >= 11 is 11.8. The predicted molar refractivity (Wildman–Crippen MR) is 130 cm³/mol. The number of amides is 2. The van der Waals surface area contributed by atoms with Crippen LogP contribution in [-0.4, -0.2) is 87.2 Å². The molecule has 0 spiro atoms. The molecule has 36 heavy (non-hydrogen) atoms. The Morgan fingerprint density at radius 3 is 1.39 bits per heavy atom. The number of piperazine rings is 1. The molecule has 192 valence electrons. The van der Waals surface area contributed by atoms with Crippen molar-refractivity contribution in [3.63, 3.8) is 0 Å². The van der Waals surface area contributed by atoms with Gasteiger partial charge in [0.25, 0.3) is 11.8 Å². The van der Waals surface area contributed by atoms with Crippen LogP contribution in [0, 0.1) is 0 Å². The average molecular weight is 539 g/mol. The summed E-state index contributed by atoms with van der Waals surface area (Å²) < 4.78 is 20.5. The Balaban J connectivity index is 1.45. The lowest BCUT2D eigenvalue weighted by molar-refractivity contribution is -0.142. The second-order valence-electron chi connectivity index (χ2n) is 7.60.